The summed E-state index contributed by atoms with van der Waals surface area (Å²) >= 11 is 0. The summed E-state index contributed by atoms with van der Waals surface area (Å²) in [6.07, 6.45) is 2.74. The average Bonchev–Trinajstić information content (AvgIpc) is 3.23. The number of aliphatic carboxylic acids is 1. The van der Waals surface area contributed by atoms with Crippen molar-refractivity contribution < 1.29 is 15.0 Å². The van der Waals surface area contributed by atoms with E-state index in [1.54, 1.807) is 12.1 Å². The van der Waals surface area contributed by atoms with Crippen LogP contribution >= 0.6 is 0 Å². The fourth-order valence-corrected chi connectivity index (χ4v) is 4.44. The Labute approximate surface area is 184 Å². The highest BCUT2D eigenvalue weighted by Gasteiger charge is 2.37. The third-order valence-corrected chi connectivity index (χ3v) is 6.08. The maximum Gasteiger partial charge on any atom is 0.303 e. The molecule has 6 nitrogen and oxygen atoms in total. The molecular formula is C25H31N3O3. The van der Waals surface area contributed by atoms with Gasteiger partial charge in [0, 0.05) is 12.2 Å². The lowest BCUT2D eigenvalue weighted by Crippen LogP contribution is -2.46. The first-order valence-corrected chi connectivity index (χ1v) is 10.8. The van der Waals surface area contributed by atoms with Crippen LogP contribution in [0.25, 0.3) is 0 Å². The summed E-state index contributed by atoms with van der Waals surface area (Å²) in [7, 11) is 0. The number of benzene rings is 2. The van der Waals surface area contributed by atoms with Gasteiger partial charge in [0.25, 0.3) is 0 Å². The van der Waals surface area contributed by atoms with Gasteiger partial charge in [-0.2, -0.15) is 5.26 Å². The fourth-order valence-electron chi connectivity index (χ4n) is 4.44. The first-order chi connectivity index (χ1) is 14.7. The van der Waals surface area contributed by atoms with E-state index in [2.05, 4.69) is 16.3 Å². The molecule has 0 radical (unpaired) electrons. The zero-order valence-electron chi connectivity index (χ0n) is 18.4. The van der Waals surface area contributed by atoms with Gasteiger partial charge in [0.1, 0.15) is 0 Å². The maximum atomic E-state index is 11.3. The second kappa shape index (κ2) is 9.40. The average molecular weight is 422 g/mol. The monoisotopic (exact) mass is 421 g/mol. The summed E-state index contributed by atoms with van der Waals surface area (Å²) in [5.41, 5.74) is 3.45. The van der Waals surface area contributed by atoms with Crippen LogP contribution in [0, 0.1) is 11.3 Å². The summed E-state index contributed by atoms with van der Waals surface area (Å²) in [5.74, 6) is -0.879. The summed E-state index contributed by atoms with van der Waals surface area (Å²) in [6.45, 7) is 6.54. The van der Waals surface area contributed by atoms with E-state index in [0.717, 1.165) is 48.4 Å². The van der Waals surface area contributed by atoms with Crippen LogP contribution in [-0.2, 0) is 4.79 Å². The number of hydrogen-bond donors (Lipinski definition) is 3. The standard InChI is InChI=1S/C25H31N3O3/c1-4-18(15-24(29)30)19-9-12-22(28-13-5-6-23(28)25(2,3)31)21(14-19)27-20-10-7-17(16-26)8-11-20/h7-12,14,18,23,27,31H,4-6,13,15H2,1-3H3,(H,29,30)/t18?,23-/m0/s1. The molecule has 6 heteroatoms. The SMILES string of the molecule is CCC(CC(=O)O)c1ccc(N2CCC[C@H]2C(C)(C)O)c(Nc2ccc(C#N)cc2)c1. The third-order valence-electron chi connectivity index (χ3n) is 6.08. The van der Waals surface area contributed by atoms with Gasteiger partial charge in [-0.05, 0) is 81.0 Å². The van der Waals surface area contributed by atoms with Crippen molar-refractivity contribution in [1.29, 1.82) is 5.26 Å². The molecule has 3 N–H and O–H groups in total. The molecule has 1 unspecified atom stereocenters. The van der Waals surface area contributed by atoms with E-state index in [9.17, 15) is 15.0 Å². The molecule has 1 aliphatic rings. The predicted octanol–water partition coefficient (Wildman–Crippen LogP) is 5.01. The van der Waals surface area contributed by atoms with E-state index in [0.29, 0.717) is 5.56 Å². The minimum absolute atomic E-state index is 0.000793. The number of nitrogens with zero attached hydrogens (tertiary/aromatic N) is 2. The second-order valence-electron chi connectivity index (χ2n) is 8.80. The van der Waals surface area contributed by atoms with Gasteiger partial charge < -0.3 is 20.4 Å². The minimum Gasteiger partial charge on any atom is -0.481 e. The van der Waals surface area contributed by atoms with Gasteiger partial charge in [-0.3, -0.25) is 4.79 Å². The van der Waals surface area contributed by atoms with Crippen LogP contribution in [0.15, 0.2) is 42.5 Å². The van der Waals surface area contributed by atoms with Crippen molar-refractivity contribution in [3.63, 3.8) is 0 Å². The van der Waals surface area contributed by atoms with Gasteiger partial charge in [0.2, 0.25) is 0 Å². The highest BCUT2D eigenvalue weighted by atomic mass is 16.4. The molecule has 0 spiro atoms. The van der Waals surface area contributed by atoms with Crippen molar-refractivity contribution >= 4 is 23.0 Å². The Morgan fingerprint density at radius 1 is 1.29 bits per heavy atom. The lowest BCUT2D eigenvalue weighted by Gasteiger charge is -2.36. The van der Waals surface area contributed by atoms with E-state index >= 15 is 0 Å². The Hall–Kier alpha value is -3.04. The highest BCUT2D eigenvalue weighted by Crippen LogP contribution is 2.39. The van der Waals surface area contributed by atoms with E-state index in [4.69, 9.17) is 5.26 Å². The van der Waals surface area contributed by atoms with Crippen molar-refractivity contribution in [2.24, 2.45) is 0 Å². The van der Waals surface area contributed by atoms with Crippen LogP contribution in [0.1, 0.15) is 63.5 Å². The molecule has 0 aliphatic carbocycles. The Kier molecular flexibility index (Phi) is 6.87. The normalized spacial score (nSPS) is 17.3. The second-order valence-corrected chi connectivity index (χ2v) is 8.80. The molecule has 1 aliphatic heterocycles. The van der Waals surface area contributed by atoms with Crippen LogP contribution in [0.3, 0.4) is 0 Å². The predicted molar refractivity (Wildman–Crippen MR) is 123 cm³/mol. The lowest BCUT2D eigenvalue weighted by atomic mass is 9.91. The Morgan fingerprint density at radius 2 is 2.00 bits per heavy atom. The fraction of sp³-hybridized carbons (Fsp3) is 0.440. The number of rotatable bonds is 8. The van der Waals surface area contributed by atoms with Gasteiger partial charge in [0.15, 0.2) is 0 Å². The van der Waals surface area contributed by atoms with Crippen LogP contribution in [0.5, 0.6) is 0 Å². The number of aliphatic hydroxyl groups is 1. The first-order valence-electron chi connectivity index (χ1n) is 10.8. The van der Waals surface area contributed by atoms with Crippen LogP contribution in [-0.4, -0.2) is 34.4 Å². The molecule has 2 atom stereocenters. The van der Waals surface area contributed by atoms with E-state index < -0.39 is 11.6 Å². The lowest BCUT2D eigenvalue weighted by molar-refractivity contribution is -0.137. The van der Waals surface area contributed by atoms with Crippen molar-refractivity contribution in [3.05, 3.63) is 53.6 Å². The highest BCUT2D eigenvalue weighted by molar-refractivity contribution is 5.77. The van der Waals surface area contributed by atoms with E-state index in [1.165, 1.54) is 0 Å². The summed E-state index contributed by atoms with van der Waals surface area (Å²) < 4.78 is 0. The summed E-state index contributed by atoms with van der Waals surface area (Å²) in [6, 6.07) is 15.5. The number of nitriles is 1. The first kappa shape index (κ1) is 22.6. The Bertz CT molecular complexity index is 957. The van der Waals surface area contributed by atoms with Gasteiger partial charge in [-0.25, -0.2) is 0 Å². The molecule has 0 saturated carbocycles. The van der Waals surface area contributed by atoms with Gasteiger partial charge in [0.05, 0.1) is 41.1 Å². The molecule has 164 valence electrons. The molecule has 0 bridgehead atoms. The largest absolute Gasteiger partial charge is 0.481 e. The van der Waals surface area contributed by atoms with Crippen LogP contribution in [0.2, 0.25) is 0 Å². The smallest absolute Gasteiger partial charge is 0.303 e. The number of carbonyl (C=O) groups is 1. The molecule has 0 amide bonds. The topological polar surface area (TPSA) is 96.6 Å². The number of hydrogen-bond acceptors (Lipinski definition) is 5. The molecule has 3 rings (SSSR count). The molecule has 1 saturated heterocycles. The summed E-state index contributed by atoms with van der Waals surface area (Å²) in [4.78, 5) is 13.6. The molecule has 1 fully saturated rings. The Balaban J connectivity index is 2.02. The minimum atomic E-state index is -0.837. The van der Waals surface area contributed by atoms with Crippen molar-refractivity contribution in [3.8, 4) is 6.07 Å². The van der Waals surface area contributed by atoms with Gasteiger partial charge in [-0.1, -0.05) is 13.0 Å². The van der Waals surface area contributed by atoms with E-state index in [-0.39, 0.29) is 18.4 Å². The third kappa shape index (κ3) is 5.36. The van der Waals surface area contributed by atoms with Crippen LogP contribution < -0.4 is 10.2 Å². The van der Waals surface area contributed by atoms with Crippen molar-refractivity contribution in [1.82, 2.24) is 0 Å². The van der Waals surface area contributed by atoms with Crippen LogP contribution in [0.4, 0.5) is 17.1 Å². The number of carboxylic acids is 1. The molecule has 2 aromatic rings. The number of carboxylic acid groups (broad SMARTS) is 1. The maximum absolute atomic E-state index is 11.3. The molecule has 1 heterocycles. The summed E-state index contributed by atoms with van der Waals surface area (Å²) in [5, 5.41) is 32.5. The quantitative estimate of drug-likeness (QED) is 0.554. The van der Waals surface area contributed by atoms with Gasteiger partial charge >= 0.3 is 5.97 Å². The molecular weight excluding hydrogens is 390 g/mol. The number of anilines is 3. The molecule has 2 aromatic carbocycles. The van der Waals surface area contributed by atoms with E-state index in [1.807, 2.05) is 51.1 Å². The zero-order chi connectivity index (χ0) is 22.6. The molecule has 0 aromatic heterocycles. The van der Waals surface area contributed by atoms with Crippen molar-refractivity contribution in [2.75, 3.05) is 16.8 Å². The van der Waals surface area contributed by atoms with Crippen molar-refractivity contribution in [2.45, 2.75) is 64.0 Å². The molecule has 31 heavy (non-hydrogen) atoms. The zero-order valence-corrected chi connectivity index (χ0v) is 18.4. The number of nitrogens with one attached hydrogen (secondary N) is 1. The van der Waals surface area contributed by atoms with Gasteiger partial charge in [-0.15, -0.1) is 0 Å². The Morgan fingerprint density at radius 3 is 2.58 bits per heavy atom.